The molecular formula is C16H21N3O2. The minimum atomic E-state index is -3.40. The van der Waals surface area contributed by atoms with Gasteiger partial charge in [-0.05, 0) is 50.0 Å². The van der Waals surface area contributed by atoms with Crippen molar-refractivity contribution in [3.63, 3.8) is 0 Å². The number of ether oxygens (including phenoxy) is 1. The number of aromatic nitrogens is 1. The summed E-state index contributed by atoms with van der Waals surface area (Å²) in [5.74, 6) is 0. The van der Waals surface area contributed by atoms with Crippen LogP contribution < -0.4 is 5.31 Å². The summed E-state index contributed by atoms with van der Waals surface area (Å²) in [4.78, 5) is 11.9. The van der Waals surface area contributed by atoms with Gasteiger partial charge in [-0.1, -0.05) is 6.04 Å². The van der Waals surface area contributed by atoms with Crippen molar-refractivity contribution in [1.29, 1.82) is 0 Å². The Balaban J connectivity index is 2.42. The molecule has 1 amide bonds. The van der Waals surface area contributed by atoms with Crippen LogP contribution in [0, 0.1) is 0 Å². The van der Waals surface area contributed by atoms with Crippen molar-refractivity contribution in [1.82, 2.24) is 15.2 Å². The van der Waals surface area contributed by atoms with E-state index in [1.807, 2.05) is 0 Å². The average Bonchev–Trinajstić information content (AvgIpc) is 3.22. The molecule has 1 aliphatic rings. The van der Waals surface area contributed by atoms with E-state index in [-0.39, 0.29) is 15.2 Å². The topological polar surface area (TPSA) is 57.4 Å². The third kappa shape index (κ3) is 3.19. The van der Waals surface area contributed by atoms with Crippen LogP contribution in [0.5, 0.6) is 0 Å². The van der Waals surface area contributed by atoms with Crippen molar-refractivity contribution in [2.24, 2.45) is 0 Å². The first-order chi connectivity index (χ1) is 16.1. The molecule has 0 unspecified atom stereocenters. The van der Waals surface area contributed by atoms with E-state index in [4.69, 9.17) is 20.6 Å². The van der Waals surface area contributed by atoms with E-state index in [1.165, 1.54) is 0 Å². The van der Waals surface area contributed by atoms with Gasteiger partial charge in [-0.15, -0.1) is 0 Å². The third-order valence-electron chi connectivity index (χ3n) is 2.61. The molecule has 0 spiro atoms. The van der Waals surface area contributed by atoms with Crippen LogP contribution in [0.3, 0.4) is 0 Å². The van der Waals surface area contributed by atoms with E-state index >= 15 is 0 Å². The number of alkyl carbamates (subject to hydrolysis) is 1. The van der Waals surface area contributed by atoms with Gasteiger partial charge in [0.15, 0.2) is 2.82 Å². The maximum atomic E-state index is 11.6. The molecule has 2 heterocycles. The number of hydrogen-bond donors (Lipinski definition) is 2. The molecule has 1 atom stereocenters. The van der Waals surface area contributed by atoms with Crippen LogP contribution in [0.25, 0.3) is 10.9 Å². The average molecular weight is 302 g/mol. The molecule has 0 saturated carbocycles. The maximum Gasteiger partial charge on any atom is 0.407 e. The number of H-pyrrole nitrogens is 1. The second-order valence-corrected chi connectivity index (χ2v) is 4.23. The number of hydrogen-bond acceptors (Lipinski definition) is 3. The fourth-order valence-electron chi connectivity index (χ4n) is 1.73. The second kappa shape index (κ2) is 5.77. The van der Waals surface area contributed by atoms with Gasteiger partial charge in [0.05, 0.1) is 11.5 Å². The standard InChI is InChI=1S/C16H21N3O2/c1-19(2)6-5-12-9-17-15-4-3-11(8-14(12)15)7-13-10-21-16(20)18-13/h3-4,8-9,13,17H,5-7,10H2,1-2H3,(H,18,20)/t13-/m0/s1/i1D3,3D,4D,5D2,6D2,7D2,8D,9D/hD2. The molecule has 2 N–H and O–H groups in total. The van der Waals surface area contributed by atoms with Crippen LogP contribution in [0.2, 0.25) is 2.82 Å². The summed E-state index contributed by atoms with van der Waals surface area (Å²) in [5.41, 5.74) is -2.53. The highest BCUT2D eigenvalue weighted by atomic mass is 16.6. The summed E-state index contributed by atoms with van der Waals surface area (Å²) in [6, 6.07) is -4.46. The number of rotatable bonds is 5. The van der Waals surface area contributed by atoms with Crippen molar-refractivity contribution in [3.05, 3.63) is 35.4 Å². The fraction of sp³-hybridized carbons (Fsp3) is 0.438. The van der Waals surface area contributed by atoms with Crippen LogP contribution in [-0.2, 0) is 17.5 Å². The van der Waals surface area contributed by atoms with Crippen LogP contribution in [0.15, 0.2) is 24.3 Å². The molecule has 21 heavy (non-hydrogen) atoms. The molecule has 3 rings (SSSR count). The molecule has 112 valence electrons. The first-order valence-electron chi connectivity index (χ1n) is 13.4. The summed E-state index contributed by atoms with van der Waals surface area (Å²) < 4.78 is 127. The van der Waals surface area contributed by atoms with E-state index in [0.717, 1.165) is 7.05 Å². The molecule has 1 fully saturated rings. The summed E-state index contributed by atoms with van der Waals surface area (Å²) in [6.45, 7) is -7.13. The number of aromatic amines is 1. The van der Waals surface area contributed by atoms with Gasteiger partial charge in [-0.3, -0.25) is 0 Å². The highest BCUT2D eigenvalue weighted by molar-refractivity contribution is 5.84. The van der Waals surface area contributed by atoms with E-state index in [0.29, 0.717) is 0 Å². The normalized spacial score (nSPS) is 31.7. The smallest absolute Gasteiger partial charge is 0.407 e. The SMILES string of the molecule is [2H]c1c(C([2H])([2H])[C@H]2COC(=O)N2[2H])c([2H])c2c(C([2H])([2H])C([2H])([2H])N(C)C([2H])([2H])[2H])c([2H])n([2H])c2c1[2H]. The monoisotopic (exact) mass is 302 g/mol. The van der Waals surface area contributed by atoms with Gasteiger partial charge >= 0.3 is 6.09 Å². The van der Waals surface area contributed by atoms with Crippen molar-refractivity contribution < 1.29 is 30.2 Å². The molecule has 1 saturated heterocycles. The van der Waals surface area contributed by atoms with Gasteiger partial charge in [0.25, 0.3) is 0 Å². The number of likely N-dealkylation sites (N-methyl/N-ethyl adjacent to an activating group) is 1. The van der Waals surface area contributed by atoms with Gasteiger partial charge < -0.3 is 19.9 Å². The summed E-state index contributed by atoms with van der Waals surface area (Å²) in [6.07, 6.45) is -8.52. The van der Waals surface area contributed by atoms with E-state index < -0.39 is 91.3 Å². The number of benzene rings is 1. The number of fused-ring (bicyclic) bond motifs is 1. The Morgan fingerprint density at radius 3 is 3.33 bits per heavy atom. The molecular weight excluding hydrogens is 266 g/mol. The molecule has 0 aliphatic carbocycles. The predicted octanol–water partition coefficient (Wildman–Crippen LogP) is 1.92. The van der Waals surface area contributed by atoms with Gasteiger partial charge in [-0.25, -0.2) is 4.79 Å². The molecule has 0 bridgehead atoms. The quantitative estimate of drug-likeness (QED) is 0.887. The fourth-order valence-corrected chi connectivity index (χ4v) is 1.73. The number of aryl methyl sites for hydroxylation is 1. The highest BCUT2D eigenvalue weighted by Gasteiger charge is 2.22. The van der Waals surface area contributed by atoms with Gasteiger partial charge in [0.1, 0.15) is 6.61 Å². The lowest BCUT2D eigenvalue weighted by molar-refractivity contribution is 0.177. The number of nitrogens with one attached hydrogen (secondary N) is 2. The Morgan fingerprint density at radius 2 is 2.57 bits per heavy atom. The highest BCUT2D eigenvalue weighted by Crippen LogP contribution is 2.21. The van der Waals surface area contributed by atoms with E-state index in [1.54, 1.807) is 0 Å². The zero-order chi connectivity index (χ0) is 27.9. The molecule has 0 radical (unpaired) electrons. The molecule has 5 nitrogen and oxygen atoms in total. The maximum absolute atomic E-state index is 11.6. The Morgan fingerprint density at radius 1 is 1.67 bits per heavy atom. The molecule has 1 aromatic heterocycles. The Kier molecular flexibility index (Phi) is 1.30. The Hall–Kier alpha value is -2.01. The molecule has 1 aliphatic heterocycles. The van der Waals surface area contributed by atoms with Crippen molar-refractivity contribution in [3.8, 4) is 0 Å². The molecule has 5 heteroatoms. The number of amides is 1. The van der Waals surface area contributed by atoms with Crippen LogP contribution in [0.4, 0.5) is 4.79 Å². The van der Waals surface area contributed by atoms with Crippen LogP contribution >= 0.6 is 0 Å². The van der Waals surface area contributed by atoms with Crippen molar-refractivity contribution in [2.45, 2.75) is 18.8 Å². The number of cyclic esters (lactones) is 1. The van der Waals surface area contributed by atoms with Gasteiger partial charge in [-0.2, -0.15) is 0 Å². The molecule has 2 aromatic rings. The lowest BCUT2D eigenvalue weighted by Crippen LogP contribution is -2.28. The number of carbonyl (C=O) groups excluding carboxylic acids is 1. The first-order valence-corrected chi connectivity index (χ1v) is 5.97. The first kappa shape index (κ1) is 4.74. The lowest BCUT2D eigenvalue weighted by Gasteiger charge is -2.09. The zero-order valence-electron chi connectivity index (χ0n) is 25.9. The van der Waals surface area contributed by atoms with E-state index in [9.17, 15) is 4.79 Å². The van der Waals surface area contributed by atoms with E-state index in [2.05, 4.69) is 4.74 Å². The summed E-state index contributed by atoms with van der Waals surface area (Å²) in [5, 5.41) is -0.591. The zero-order valence-corrected chi connectivity index (χ0v) is 10.9. The van der Waals surface area contributed by atoms with Crippen LogP contribution in [-0.4, -0.2) is 49.1 Å². The second-order valence-electron chi connectivity index (χ2n) is 4.23. The minimum absolute atomic E-state index is 0.0935. The van der Waals surface area contributed by atoms with Crippen LogP contribution in [0.1, 0.15) is 28.9 Å². The largest absolute Gasteiger partial charge is 0.447 e. The Bertz CT molecular complexity index is 1240. The molecule has 1 aromatic carbocycles. The number of nitrogens with zero attached hydrogens (tertiary/aromatic N) is 1. The summed E-state index contributed by atoms with van der Waals surface area (Å²) in [7, 11) is 0.776. The van der Waals surface area contributed by atoms with Crippen molar-refractivity contribution >= 4 is 17.0 Å². The third-order valence-corrected chi connectivity index (χ3v) is 2.61. The number of carbonyl (C=O) groups is 1. The lowest BCUT2D eigenvalue weighted by atomic mass is 10.0. The van der Waals surface area contributed by atoms with Gasteiger partial charge in [0, 0.05) is 35.9 Å². The Labute approximate surface area is 145 Å². The minimum Gasteiger partial charge on any atom is -0.447 e. The van der Waals surface area contributed by atoms with Crippen molar-refractivity contribution in [2.75, 3.05) is 27.1 Å². The predicted molar refractivity (Wildman–Crippen MR) is 82.5 cm³/mol. The van der Waals surface area contributed by atoms with Gasteiger partial charge in [0.2, 0.25) is 0 Å². The summed E-state index contributed by atoms with van der Waals surface area (Å²) >= 11 is 0.